The fourth-order valence-corrected chi connectivity index (χ4v) is 2.47. The van der Waals surface area contributed by atoms with Crippen LogP contribution in [0.4, 0.5) is 0 Å². The lowest BCUT2D eigenvalue weighted by atomic mass is 9.92. The van der Waals surface area contributed by atoms with Gasteiger partial charge < -0.3 is 15.9 Å². The number of aliphatic hydroxyl groups is 2. The number of carbonyl (C=O) groups excluding carboxylic acids is 1. The Bertz CT molecular complexity index is 447. The van der Waals surface area contributed by atoms with Crippen LogP contribution in [0.5, 0.6) is 0 Å². The van der Waals surface area contributed by atoms with Gasteiger partial charge in [0.2, 0.25) is 0 Å². The summed E-state index contributed by atoms with van der Waals surface area (Å²) in [5.74, 6) is -0.646. The lowest BCUT2D eigenvalue weighted by Gasteiger charge is -2.37. The average Bonchev–Trinajstić information content (AvgIpc) is 2.39. The van der Waals surface area contributed by atoms with Crippen molar-refractivity contribution in [1.29, 1.82) is 0 Å². The number of aliphatic hydroxyl groups excluding tert-OH is 1. The van der Waals surface area contributed by atoms with E-state index in [9.17, 15) is 9.90 Å². The van der Waals surface area contributed by atoms with E-state index in [-0.39, 0.29) is 13.2 Å². The number of benzene rings is 1. The van der Waals surface area contributed by atoms with Gasteiger partial charge >= 0.3 is 0 Å². The standard InChI is InChI=1S/C14H20N2O3/c15-13(18)14(19)6-1-7-16(10-14)8-11-2-4-12(9-17)5-3-11/h2-5,17,19H,1,6-10H2,(H2,15,18)/t14-/m1/s1. The van der Waals surface area contributed by atoms with E-state index in [0.717, 1.165) is 24.1 Å². The van der Waals surface area contributed by atoms with Crippen molar-refractivity contribution in [3.63, 3.8) is 0 Å². The molecule has 0 saturated carbocycles. The Kier molecular flexibility index (Phi) is 4.19. The van der Waals surface area contributed by atoms with Crippen LogP contribution in [0.1, 0.15) is 24.0 Å². The van der Waals surface area contributed by atoms with Crippen LogP contribution < -0.4 is 5.73 Å². The first kappa shape index (κ1) is 14.0. The Labute approximate surface area is 112 Å². The molecule has 1 amide bonds. The highest BCUT2D eigenvalue weighted by atomic mass is 16.3. The highest BCUT2D eigenvalue weighted by Gasteiger charge is 2.38. The maximum Gasteiger partial charge on any atom is 0.250 e. The molecule has 0 radical (unpaired) electrons. The zero-order valence-electron chi connectivity index (χ0n) is 10.9. The Balaban J connectivity index is 2.00. The van der Waals surface area contributed by atoms with Crippen LogP contribution in [0.3, 0.4) is 0 Å². The van der Waals surface area contributed by atoms with Gasteiger partial charge in [0.15, 0.2) is 5.60 Å². The number of rotatable bonds is 4. The van der Waals surface area contributed by atoms with Gasteiger partial charge in [-0.05, 0) is 30.5 Å². The zero-order chi connectivity index (χ0) is 13.9. The van der Waals surface area contributed by atoms with Crippen molar-refractivity contribution in [2.24, 2.45) is 5.73 Å². The number of nitrogens with two attached hydrogens (primary N) is 1. The van der Waals surface area contributed by atoms with Crippen LogP contribution in [0, 0.1) is 0 Å². The predicted molar refractivity (Wildman–Crippen MR) is 71.0 cm³/mol. The van der Waals surface area contributed by atoms with E-state index in [1.807, 2.05) is 29.2 Å². The van der Waals surface area contributed by atoms with Crippen molar-refractivity contribution in [2.75, 3.05) is 13.1 Å². The first-order valence-corrected chi connectivity index (χ1v) is 6.47. The fourth-order valence-electron chi connectivity index (χ4n) is 2.47. The number of carbonyl (C=O) groups is 1. The van der Waals surface area contributed by atoms with Gasteiger partial charge in [-0.25, -0.2) is 0 Å². The molecule has 1 saturated heterocycles. The van der Waals surface area contributed by atoms with Crippen molar-refractivity contribution < 1.29 is 15.0 Å². The molecule has 1 aliphatic heterocycles. The van der Waals surface area contributed by atoms with Crippen molar-refractivity contribution in [3.05, 3.63) is 35.4 Å². The number of amides is 1. The van der Waals surface area contributed by atoms with E-state index in [4.69, 9.17) is 10.8 Å². The molecule has 5 heteroatoms. The van der Waals surface area contributed by atoms with Crippen molar-refractivity contribution in [3.8, 4) is 0 Å². The first-order chi connectivity index (χ1) is 9.03. The number of β-amino-alcohol motifs (C(OH)–C–C–N with tert-alkyl or cyclic N) is 1. The number of likely N-dealkylation sites (tertiary alicyclic amines) is 1. The summed E-state index contributed by atoms with van der Waals surface area (Å²) >= 11 is 0. The van der Waals surface area contributed by atoms with Crippen LogP contribution in [-0.4, -0.2) is 39.7 Å². The van der Waals surface area contributed by atoms with Gasteiger partial charge in [0, 0.05) is 13.1 Å². The second-order valence-electron chi connectivity index (χ2n) is 5.18. The predicted octanol–water partition coefficient (Wildman–Crippen LogP) is -0.00890. The Morgan fingerprint density at radius 3 is 2.53 bits per heavy atom. The molecule has 1 aromatic rings. The number of primary amides is 1. The van der Waals surface area contributed by atoms with Gasteiger partial charge in [-0.3, -0.25) is 9.69 Å². The quantitative estimate of drug-likeness (QED) is 0.714. The lowest BCUT2D eigenvalue weighted by Crippen LogP contribution is -2.55. The van der Waals surface area contributed by atoms with E-state index >= 15 is 0 Å². The highest BCUT2D eigenvalue weighted by molar-refractivity contribution is 5.83. The molecular formula is C14H20N2O3. The molecule has 104 valence electrons. The van der Waals surface area contributed by atoms with Gasteiger partial charge in [0.25, 0.3) is 5.91 Å². The van der Waals surface area contributed by atoms with Crippen LogP contribution >= 0.6 is 0 Å². The molecule has 5 nitrogen and oxygen atoms in total. The summed E-state index contributed by atoms with van der Waals surface area (Å²) in [7, 11) is 0. The third-order valence-electron chi connectivity index (χ3n) is 3.62. The molecule has 0 unspecified atom stereocenters. The van der Waals surface area contributed by atoms with E-state index in [0.29, 0.717) is 13.0 Å². The minimum atomic E-state index is -1.40. The number of hydrogen-bond donors (Lipinski definition) is 3. The van der Waals surface area contributed by atoms with E-state index in [1.165, 1.54) is 0 Å². The lowest BCUT2D eigenvalue weighted by molar-refractivity contribution is -0.142. The monoisotopic (exact) mass is 264 g/mol. The summed E-state index contributed by atoms with van der Waals surface area (Å²) in [5, 5.41) is 19.1. The van der Waals surface area contributed by atoms with Crippen LogP contribution in [0.25, 0.3) is 0 Å². The molecule has 0 aliphatic carbocycles. The summed E-state index contributed by atoms with van der Waals surface area (Å²) in [6.07, 6.45) is 1.19. The third kappa shape index (κ3) is 3.32. The Hall–Kier alpha value is -1.43. The van der Waals surface area contributed by atoms with Crippen LogP contribution in [0.2, 0.25) is 0 Å². The third-order valence-corrected chi connectivity index (χ3v) is 3.62. The van der Waals surface area contributed by atoms with Crippen molar-refractivity contribution >= 4 is 5.91 Å². The van der Waals surface area contributed by atoms with E-state index < -0.39 is 11.5 Å². The minimum Gasteiger partial charge on any atom is -0.392 e. The summed E-state index contributed by atoms with van der Waals surface area (Å²) in [6, 6.07) is 7.64. The molecule has 4 N–H and O–H groups in total. The van der Waals surface area contributed by atoms with Gasteiger partial charge in [0.05, 0.1) is 6.61 Å². The fraction of sp³-hybridized carbons (Fsp3) is 0.500. The topological polar surface area (TPSA) is 86.8 Å². The summed E-state index contributed by atoms with van der Waals surface area (Å²) in [6.45, 7) is 1.83. The number of piperidine rings is 1. The van der Waals surface area contributed by atoms with Crippen molar-refractivity contribution in [1.82, 2.24) is 4.90 Å². The largest absolute Gasteiger partial charge is 0.392 e. The molecule has 1 atom stereocenters. The van der Waals surface area contributed by atoms with E-state index in [1.54, 1.807) is 0 Å². The van der Waals surface area contributed by atoms with Gasteiger partial charge in [-0.2, -0.15) is 0 Å². The van der Waals surface area contributed by atoms with Crippen LogP contribution in [-0.2, 0) is 17.9 Å². The molecule has 1 fully saturated rings. The van der Waals surface area contributed by atoms with Gasteiger partial charge in [0.1, 0.15) is 0 Å². The average molecular weight is 264 g/mol. The number of nitrogens with zero attached hydrogens (tertiary/aromatic N) is 1. The summed E-state index contributed by atoms with van der Waals surface area (Å²) in [5.41, 5.74) is 5.81. The van der Waals surface area contributed by atoms with Crippen molar-refractivity contribution in [2.45, 2.75) is 31.6 Å². The molecule has 1 aliphatic rings. The highest BCUT2D eigenvalue weighted by Crippen LogP contribution is 2.22. The molecule has 2 rings (SSSR count). The maximum atomic E-state index is 11.3. The Morgan fingerprint density at radius 2 is 1.95 bits per heavy atom. The second kappa shape index (κ2) is 5.69. The molecule has 1 heterocycles. The molecular weight excluding hydrogens is 244 g/mol. The smallest absolute Gasteiger partial charge is 0.250 e. The second-order valence-corrected chi connectivity index (χ2v) is 5.18. The van der Waals surface area contributed by atoms with E-state index in [2.05, 4.69) is 0 Å². The van der Waals surface area contributed by atoms with Crippen LogP contribution in [0.15, 0.2) is 24.3 Å². The molecule has 0 spiro atoms. The maximum absolute atomic E-state index is 11.3. The molecule has 0 bridgehead atoms. The molecule has 1 aromatic carbocycles. The summed E-state index contributed by atoms with van der Waals surface area (Å²) < 4.78 is 0. The SMILES string of the molecule is NC(=O)[C@@]1(O)CCCN(Cc2ccc(CO)cc2)C1. The molecule has 0 aromatic heterocycles. The van der Waals surface area contributed by atoms with Gasteiger partial charge in [-0.15, -0.1) is 0 Å². The summed E-state index contributed by atoms with van der Waals surface area (Å²) in [4.78, 5) is 13.3. The Morgan fingerprint density at radius 1 is 1.32 bits per heavy atom. The molecule has 19 heavy (non-hydrogen) atoms. The zero-order valence-corrected chi connectivity index (χ0v) is 10.9. The normalized spacial score (nSPS) is 24.3. The first-order valence-electron chi connectivity index (χ1n) is 6.47. The number of hydrogen-bond acceptors (Lipinski definition) is 4. The van der Waals surface area contributed by atoms with Gasteiger partial charge in [-0.1, -0.05) is 24.3 Å². The minimum absolute atomic E-state index is 0.0332.